The molecule has 1 aromatic carbocycles. The molecule has 3 heterocycles. The van der Waals surface area contributed by atoms with Crippen LogP contribution in [0.15, 0.2) is 29.6 Å². The second-order valence-corrected chi connectivity index (χ2v) is 9.38. The maximum absolute atomic E-state index is 12.4. The molecule has 156 valence electrons. The third-order valence-corrected chi connectivity index (χ3v) is 6.70. The highest BCUT2D eigenvalue weighted by atomic mass is 32.1. The summed E-state index contributed by atoms with van der Waals surface area (Å²) in [6.45, 7) is 9.16. The zero-order chi connectivity index (χ0) is 20.2. The zero-order valence-electron chi connectivity index (χ0n) is 17.5. The number of carbonyl (C=O) groups excluding carboxylic acids is 1. The topological polar surface area (TPSA) is 45.7 Å². The fourth-order valence-corrected chi connectivity index (χ4v) is 5.01. The largest absolute Gasteiger partial charge is 0.490 e. The lowest BCUT2D eigenvalue weighted by molar-refractivity contribution is 0.0792. The van der Waals surface area contributed by atoms with E-state index < -0.39 is 0 Å². The summed E-state index contributed by atoms with van der Waals surface area (Å²) in [6, 6.07) is 7.69. The summed E-state index contributed by atoms with van der Waals surface area (Å²) in [5.41, 5.74) is 1.97. The standard InChI is InChI=1S/C23H31N3O2S/c1-17(2)21-16-29-22(24-21)15-25-13-9-20(10-14-25)28-19-7-5-18(6-8-19)23(27)26-11-3-4-12-26/h5-8,16-17,20H,3-4,9-15H2,1-2H3. The summed E-state index contributed by atoms with van der Waals surface area (Å²) in [7, 11) is 0. The molecule has 0 aliphatic carbocycles. The van der Waals surface area contributed by atoms with E-state index in [1.165, 1.54) is 10.7 Å². The summed E-state index contributed by atoms with van der Waals surface area (Å²) < 4.78 is 6.19. The van der Waals surface area contributed by atoms with E-state index in [0.29, 0.717) is 5.92 Å². The first-order valence-electron chi connectivity index (χ1n) is 10.8. The molecule has 0 unspecified atom stereocenters. The minimum atomic E-state index is 0.144. The van der Waals surface area contributed by atoms with Crippen molar-refractivity contribution in [1.82, 2.24) is 14.8 Å². The molecule has 4 rings (SSSR count). The number of nitrogens with zero attached hydrogens (tertiary/aromatic N) is 3. The van der Waals surface area contributed by atoms with E-state index in [0.717, 1.165) is 69.7 Å². The van der Waals surface area contributed by atoms with E-state index in [2.05, 4.69) is 24.1 Å². The number of benzene rings is 1. The number of amides is 1. The first kappa shape index (κ1) is 20.4. The van der Waals surface area contributed by atoms with Gasteiger partial charge in [0.1, 0.15) is 16.9 Å². The van der Waals surface area contributed by atoms with Gasteiger partial charge in [-0.15, -0.1) is 11.3 Å². The van der Waals surface area contributed by atoms with Gasteiger partial charge in [-0.25, -0.2) is 4.98 Å². The van der Waals surface area contributed by atoms with Crippen LogP contribution in [0.4, 0.5) is 0 Å². The van der Waals surface area contributed by atoms with Gasteiger partial charge in [0.05, 0.1) is 12.2 Å². The molecule has 1 amide bonds. The van der Waals surface area contributed by atoms with Crippen LogP contribution < -0.4 is 4.74 Å². The van der Waals surface area contributed by atoms with Gasteiger partial charge in [-0.1, -0.05) is 13.8 Å². The van der Waals surface area contributed by atoms with Crippen molar-refractivity contribution in [3.63, 3.8) is 0 Å². The van der Waals surface area contributed by atoms with Crippen molar-refractivity contribution >= 4 is 17.2 Å². The van der Waals surface area contributed by atoms with E-state index in [-0.39, 0.29) is 12.0 Å². The predicted molar refractivity (Wildman–Crippen MR) is 117 cm³/mol. The first-order valence-corrected chi connectivity index (χ1v) is 11.7. The molecule has 29 heavy (non-hydrogen) atoms. The number of piperidine rings is 1. The molecule has 1 aromatic heterocycles. The van der Waals surface area contributed by atoms with Crippen molar-refractivity contribution in [1.29, 1.82) is 0 Å². The van der Waals surface area contributed by atoms with Crippen molar-refractivity contribution < 1.29 is 9.53 Å². The molecule has 2 aliphatic rings. The van der Waals surface area contributed by atoms with Crippen molar-refractivity contribution in [2.24, 2.45) is 0 Å². The Morgan fingerprint density at radius 3 is 2.45 bits per heavy atom. The Kier molecular flexibility index (Phi) is 6.50. The average molecular weight is 414 g/mol. The van der Waals surface area contributed by atoms with Gasteiger partial charge in [-0.05, 0) is 55.9 Å². The van der Waals surface area contributed by atoms with Crippen molar-refractivity contribution in [2.75, 3.05) is 26.2 Å². The quantitative estimate of drug-likeness (QED) is 0.697. The van der Waals surface area contributed by atoms with Crippen LogP contribution in [-0.2, 0) is 6.54 Å². The number of aromatic nitrogens is 1. The summed E-state index contributed by atoms with van der Waals surface area (Å²) in [5, 5.41) is 3.40. The monoisotopic (exact) mass is 413 g/mol. The lowest BCUT2D eigenvalue weighted by atomic mass is 10.1. The molecule has 2 aliphatic heterocycles. The van der Waals surface area contributed by atoms with Gasteiger partial charge >= 0.3 is 0 Å². The summed E-state index contributed by atoms with van der Waals surface area (Å²) in [5.74, 6) is 1.50. The average Bonchev–Trinajstić information content (AvgIpc) is 3.42. The number of ether oxygens (including phenoxy) is 1. The van der Waals surface area contributed by atoms with Crippen LogP contribution in [0.25, 0.3) is 0 Å². The molecule has 0 radical (unpaired) electrons. The smallest absolute Gasteiger partial charge is 0.253 e. The number of carbonyl (C=O) groups is 1. The Morgan fingerprint density at radius 2 is 1.83 bits per heavy atom. The van der Waals surface area contributed by atoms with Crippen LogP contribution in [-0.4, -0.2) is 53.0 Å². The molecule has 0 bridgehead atoms. The van der Waals surface area contributed by atoms with Crippen LogP contribution in [0, 0.1) is 0 Å². The highest BCUT2D eigenvalue weighted by Gasteiger charge is 2.22. The van der Waals surface area contributed by atoms with Crippen LogP contribution in [0.1, 0.15) is 66.5 Å². The van der Waals surface area contributed by atoms with Crippen molar-refractivity contribution in [3.05, 3.63) is 45.9 Å². The van der Waals surface area contributed by atoms with Crippen LogP contribution >= 0.6 is 11.3 Å². The second kappa shape index (κ2) is 9.26. The Balaban J connectivity index is 1.24. The minimum Gasteiger partial charge on any atom is -0.490 e. The van der Waals surface area contributed by atoms with E-state index in [9.17, 15) is 4.79 Å². The molecule has 0 spiro atoms. The number of rotatable bonds is 6. The Bertz CT molecular complexity index is 804. The Hall–Kier alpha value is -1.92. The SMILES string of the molecule is CC(C)c1csc(CN2CCC(Oc3ccc(C(=O)N4CCCC4)cc3)CC2)n1. The van der Waals surface area contributed by atoms with Gasteiger partial charge in [0, 0.05) is 37.1 Å². The van der Waals surface area contributed by atoms with Gasteiger partial charge in [0.2, 0.25) is 0 Å². The van der Waals surface area contributed by atoms with Gasteiger partial charge in [-0.3, -0.25) is 9.69 Å². The molecule has 0 N–H and O–H groups in total. The van der Waals surface area contributed by atoms with E-state index >= 15 is 0 Å². The fourth-order valence-electron chi connectivity index (χ4n) is 4.01. The molecular formula is C23H31N3O2S. The van der Waals surface area contributed by atoms with Crippen LogP contribution in [0.2, 0.25) is 0 Å². The lowest BCUT2D eigenvalue weighted by Crippen LogP contribution is -2.37. The van der Waals surface area contributed by atoms with Crippen LogP contribution in [0.3, 0.4) is 0 Å². The summed E-state index contributed by atoms with van der Waals surface area (Å²) in [4.78, 5) is 21.6. The highest BCUT2D eigenvalue weighted by molar-refractivity contribution is 7.09. The third-order valence-electron chi connectivity index (χ3n) is 5.85. The molecule has 2 saturated heterocycles. The van der Waals surface area contributed by atoms with Crippen LogP contribution in [0.5, 0.6) is 5.75 Å². The Morgan fingerprint density at radius 1 is 1.14 bits per heavy atom. The molecule has 0 atom stereocenters. The molecule has 6 heteroatoms. The molecular weight excluding hydrogens is 382 g/mol. The molecule has 2 fully saturated rings. The second-order valence-electron chi connectivity index (χ2n) is 8.44. The van der Waals surface area contributed by atoms with E-state index in [1.54, 1.807) is 11.3 Å². The van der Waals surface area contributed by atoms with E-state index in [4.69, 9.17) is 9.72 Å². The van der Waals surface area contributed by atoms with Gasteiger partial charge in [-0.2, -0.15) is 0 Å². The number of thiazole rings is 1. The third kappa shape index (κ3) is 5.17. The lowest BCUT2D eigenvalue weighted by Gasteiger charge is -2.31. The maximum Gasteiger partial charge on any atom is 0.253 e. The van der Waals surface area contributed by atoms with Gasteiger partial charge in [0.15, 0.2) is 0 Å². The fraction of sp³-hybridized carbons (Fsp3) is 0.565. The van der Waals surface area contributed by atoms with E-state index in [1.807, 2.05) is 29.2 Å². The highest BCUT2D eigenvalue weighted by Crippen LogP contribution is 2.23. The summed E-state index contributed by atoms with van der Waals surface area (Å²) >= 11 is 1.77. The maximum atomic E-state index is 12.4. The van der Waals surface area contributed by atoms with Gasteiger partial charge < -0.3 is 9.64 Å². The Labute approximate surface area is 177 Å². The number of hydrogen-bond acceptors (Lipinski definition) is 5. The van der Waals surface area contributed by atoms with Crippen molar-refractivity contribution in [3.8, 4) is 5.75 Å². The molecule has 5 nitrogen and oxygen atoms in total. The minimum absolute atomic E-state index is 0.144. The normalized spacial score (nSPS) is 18.5. The number of hydrogen-bond donors (Lipinski definition) is 0. The van der Waals surface area contributed by atoms with Crippen molar-refractivity contribution in [2.45, 2.75) is 58.1 Å². The first-order chi connectivity index (χ1) is 14.1. The zero-order valence-corrected chi connectivity index (χ0v) is 18.3. The number of likely N-dealkylation sites (tertiary alicyclic amines) is 2. The van der Waals surface area contributed by atoms with Gasteiger partial charge in [0.25, 0.3) is 5.91 Å². The molecule has 2 aromatic rings. The summed E-state index contributed by atoms with van der Waals surface area (Å²) in [6.07, 6.45) is 4.53. The molecule has 0 saturated carbocycles. The predicted octanol–water partition coefficient (Wildman–Crippen LogP) is 4.55.